The van der Waals surface area contributed by atoms with Crippen molar-refractivity contribution >= 4 is 114 Å². The van der Waals surface area contributed by atoms with E-state index in [1.165, 1.54) is 48.7 Å². The molecule has 1 saturated heterocycles. The molecule has 0 bridgehead atoms. The minimum atomic E-state index is -1.47. The highest BCUT2D eigenvalue weighted by atomic mass is 79.9. The van der Waals surface area contributed by atoms with Gasteiger partial charge in [-0.2, -0.15) is 15.3 Å². The first kappa shape index (κ1) is 59.5. The molecule has 402 valence electrons. The summed E-state index contributed by atoms with van der Waals surface area (Å²) < 4.78 is 17.1. The summed E-state index contributed by atoms with van der Waals surface area (Å²) in [5, 5.41) is 65.5. The number of hydrogen-bond donors (Lipinski definition) is 2. The molecule has 1 fully saturated rings. The van der Waals surface area contributed by atoms with Crippen LogP contribution in [0.2, 0.25) is 10.3 Å². The Morgan fingerprint density at radius 2 is 1.01 bits per heavy atom. The summed E-state index contributed by atoms with van der Waals surface area (Å²) in [4.78, 5) is 43.0. The number of fused-ring (bicyclic) bond motifs is 3. The summed E-state index contributed by atoms with van der Waals surface area (Å²) in [6.07, 6.45) is 4.68. The molecule has 0 amide bonds. The van der Waals surface area contributed by atoms with Crippen LogP contribution < -0.4 is 5.46 Å². The molecule has 2 N–H and O–H groups in total. The number of rotatable bonds is 8. The molecule has 0 spiro atoms. The van der Waals surface area contributed by atoms with E-state index in [1.807, 2.05) is 60.7 Å². The Labute approximate surface area is 465 Å². The third-order valence-electron chi connectivity index (χ3n) is 12.3. The molecule has 3 aromatic carbocycles. The number of nitro groups is 3. The summed E-state index contributed by atoms with van der Waals surface area (Å²) in [7, 11) is 3.69. The monoisotopic (exact) mass is 1160 g/mol. The second-order valence-corrected chi connectivity index (χ2v) is 20.1. The van der Waals surface area contributed by atoms with Crippen LogP contribution in [0.15, 0.2) is 133 Å². The molecule has 0 atom stereocenters. The zero-order chi connectivity index (χ0) is 57.6. The Morgan fingerprint density at radius 3 is 1.40 bits per heavy atom. The zero-order valence-corrected chi connectivity index (χ0v) is 46.7. The van der Waals surface area contributed by atoms with Crippen LogP contribution in [-0.4, -0.2) is 94.6 Å². The lowest BCUT2D eigenvalue weighted by Crippen LogP contribution is -2.41. The van der Waals surface area contributed by atoms with Gasteiger partial charge in [0.15, 0.2) is 0 Å². The Bertz CT molecular complexity index is 3740. The molecule has 0 unspecified atom stereocenters. The van der Waals surface area contributed by atoms with Crippen LogP contribution in [-0.2, 0) is 30.5 Å². The number of aryl methyl sites for hydroxylation is 3. The van der Waals surface area contributed by atoms with Gasteiger partial charge >= 0.3 is 14.2 Å². The smallest absolute Gasteiger partial charge is 0.423 e. The van der Waals surface area contributed by atoms with Crippen LogP contribution in [0.4, 0.5) is 17.1 Å². The summed E-state index contributed by atoms with van der Waals surface area (Å²) in [6, 6.07) is 24.1. The lowest BCUT2D eigenvalue weighted by atomic mass is 9.81. The van der Waals surface area contributed by atoms with Crippen molar-refractivity contribution in [1.82, 2.24) is 44.3 Å². The van der Waals surface area contributed by atoms with E-state index in [2.05, 4.69) is 59.3 Å². The minimum Gasteiger partial charge on any atom is -0.423 e. The van der Waals surface area contributed by atoms with E-state index in [4.69, 9.17) is 42.6 Å². The third kappa shape index (κ3) is 14.0. The maximum absolute atomic E-state index is 11.0. The lowest BCUT2D eigenvalue weighted by Gasteiger charge is -2.32. The summed E-state index contributed by atoms with van der Waals surface area (Å²) >= 11 is 14.6. The van der Waals surface area contributed by atoms with E-state index in [9.17, 15) is 30.3 Å². The lowest BCUT2D eigenvalue weighted by molar-refractivity contribution is -0.384. The van der Waals surface area contributed by atoms with Crippen LogP contribution in [0.25, 0.3) is 60.8 Å². The SMILES string of the molecule is C=C(C)B1OC(C)(C)C(C)(C)O1.C=C(C)c1cc(-c2nn(C)c3ccc([N+](=O)[O-])cc23)ccn1.Cn1nc(-c2ccnc(Cl)c2)c2cc([N+](=O)[O-])ccc21.Cn1nc(Br)c2cc([N+](=O)[O-])ccc21.OB(O)c1ccnc(Cl)c1. The fraction of sp³-hybridized carbons (Fsp3) is 0.216. The van der Waals surface area contributed by atoms with Gasteiger partial charge in [0.25, 0.3) is 17.1 Å². The summed E-state index contributed by atoms with van der Waals surface area (Å²) in [6.45, 7) is 19.7. The van der Waals surface area contributed by atoms with Gasteiger partial charge in [-0.25, -0.2) is 9.97 Å². The third-order valence-corrected chi connectivity index (χ3v) is 13.3. The molecule has 78 heavy (non-hydrogen) atoms. The molecule has 22 nitrogen and oxygen atoms in total. The van der Waals surface area contributed by atoms with E-state index in [0.717, 1.165) is 55.2 Å². The van der Waals surface area contributed by atoms with Crippen molar-refractivity contribution in [2.75, 3.05) is 0 Å². The van der Waals surface area contributed by atoms with Crippen molar-refractivity contribution in [2.45, 2.75) is 52.7 Å². The molecular formula is C51H51B2BrCl2N12O10. The Hall–Kier alpha value is -7.77. The molecule has 0 saturated carbocycles. The molecule has 9 aromatic rings. The average molecular weight is 1160 g/mol. The van der Waals surface area contributed by atoms with Crippen LogP contribution >= 0.6 is 39.1 Å². The number of nitro benzene ring substituents is 3. The van der Waals surface area contributed by atoms with Gasteiger partial charge in [-0.3, -0.25) is 49.4 Å². The number of non-ortho nitro benzene ring substituents is 3. The number of pyridine rings is 3. The van der Waals surface area contributed by atoms with Gasteiger partial charge in [0.1, 0.15) is 26.3 Å². The van der Waals surface area contributed by atoms with Crippen molar-refractivity contribution in [3.63, 3.8) is 0 Å². The van der Waals surface area contributed by atoms with Gasteiger partial charge in [0.2, 0.25) is 0 Å². The van der Waals surface area contributed by atoms with E-state index in [-0.39, 0.29) is 40.5 Å². The normalized spacial score (nSPS) is 13.0. The Morgan fingerprint density at radius 1 is 0.615 bits per heavy atom. The summed E-state index contributed by atoms with van der Waals surface area (Å²) in [5.74, 6) is 0. The van der Waals surface area contributed by atoms with Gasteiger partial charge in [-0.05, 0) is 123 Å². The highest BCUT2D eigenvalue weighted by Gasteiger charge is 2.51. The second kappa shape index (κ2) is 24.7. The highest BCUT2D eigenvalue weighted by Crippen LogP contribution is 2.38. The van der Waals surface area contributed by atoms with Crippen molar-refractivity contribution < 1.29 is 34.1 Å². The van der Waals surface area contributed by atoms with Gasteiger partial charge in [-0.1, -0.05) is 35.3 Å². The maximum Gasteiger partial charge on any atom is 0.489 e. The molecule has 6 aromatic heterocycles. The van der Waals surface area contributed by atoms with Crippen molar-refractivity contribution in [1.29, 1.82) is 0 Å². The average Bonchev–Trinajstić information content (AvgIpc) is 4.12. The number of aromatic nitrogens is 9. The fourth-order valence-electron chi connectivity index (χ4n) is 7.47. The van der Waals surface area contributed by atoms with Crippen LogP contribution in [0.3, 0.4) is 0 Å². The molecule has 1 aliphatic heterocycles. The van der Waals surface area contributed by atoms with Gasteiger partial charge in [0, 0.05) is 103 Å². The topological polar surface area (TPSA) is 280 Å². The number of halogens is 3. The largest absolute Gasteiger partial charge is 0.489 e. The van der Waals surface area contributed by atoms with Crippen LogP contribution in [0, 0.1) is 30.3 Å². The van der Waals surface area contributed by atoms with Crippen molar-refractivity contribution in [3.05, 3.63) is 179 Å². The fourth-order valence-corrected chi connectivity index (χ4v) is 8.38. The Balaban J connectivity index is 0.000000163. The van der Waals surface area contributed by atoms with E-state index < -0.39 is 21.9 Å². The van der Waals surface area contributed by atoms with Crippen molar-refractivity contribution in [3.8, 4) is 22.5 Å². The van der Waals surface area contributed by atoms with Crippen molar-refractivity contribution in [2.24, 2.45) is 21.1 Å². The van der Waals surface area contributed by atoms with Gasteiger partial charge in [0.05, 0.1) is 48.2 Å². The Kier molecular flexibility index (Phi) is 18.8. The molecule has 0 aliphatic carbocycles. The molecule has 27 heteroatoms. The zero-order valence-electron chi connectivity index (χ0n) is 43.6. The predicted molar refractivity (Wildman–Crippen MR) is 306 cm³/mol. The van der Waals surface area contributed by atoms with Gasteiger partial charge in [-0.15, -0.1) is 6.58 Å². The number of hydrogen-bond acceptors (Lipinski definition) is 16. The molecule has 1 aliphatic rings. The first-order chi connectivity index (χ1) is 36.6. The molecular weight excluding hydrogens is 1110 g/mol. The van der Waals surface area contributed by atoms with E-state index >= 15 is 0 Å². The van der Waals surface area contributed by atoms with Crippen LogP contribution in [0.1, 0.15) is 47.2 Å². The predicted octanol–water partition coefficient (Wildman–Crippen LogP) is 10.6. The molecule has 7 heterocycles. The molecule has 10 rings (SSSR count). The first-order valence-corrected chi connectivity index (χ1v) is 24.9. The molecule has 0 radical (unpaired) electrons. The first-order valence-electron chi connectivity index (χ1n) is 23.3. The number of allylic oxidation sites excluding steroid dienone is 2. The van der Waals surface area contributed by atoms with Crippen LogP contribution in [0.5, 0.6) is 0 Å². The maximum atomic E-state index is 11.0. The number of nitrogens with zero attached hydrogens (tertiary/aromatic N) is 12. The minimum absolute atomic E-state index is 0.0342. The van der Waals surface area contributed by atoms with Gasteiger partial charge < -0.3 is 19.4 Å². The number of benzene rings is 3. The standard InChI is InChI=1S/C16H14N4O2.C13H9ClN4O2.C9H17BO2.C8H6BrN3O2.C5H5BClNO2/c1-10(2)14-8-11(6-7-17-14)16-13-9-12(20(21)22)4-5-15(13)19(3)18-16;1-17-11-3-2-9(18(19)20)7-10(11)13(16-17)8-4-5-15-12(14)6-8;1-7(2)10-11-8(3,4)9(5,6)12-10;1-11-7-3-2-5(12(13)14)4-6(7)8(9)10-11;7-5-3-4(6(9)10)1-2-8-5/h4-9H,1H2,2-3H3;2-7H,1H3;1H2,2-6H3;2-4H,1H3;1-3,9-10H. The summed E-state index contributed by atoms with van der Waals surface area (Å²) in [5.41, 5.74) is 8.09. The highest BCUT2D eigenvalue weighted by molar-refractivity contribution is 9.10. The second-order valence-electron chi connectivity index (χ2n) is 18.5. The van der Waals surface area contributed by atoms with E-state index in [0.29, 0.717) is 32.0 Å². The van der Waals surface area contributed by atoms with E-state index in [1.54, 1.807) is 76.9 Å². The quantitative estimate of drug-likeness (QED) is 0.0619.